The highest BCUT2D eigenvalue weighted by atomic mass is 79.9. The van der Waals surface area contributed by atoms with E-state index in [9.17, 15) is 13.2 Å². The van der Waals surface area contributed by atoms with Gasteiger partial charge in [0.25, 0.3) is 0 Å². The second kappa shape index (κ2) is 5.31. The Kier molecular flexibility index (Phi) is 3.46. The Hall–Kier alpha value is -1.89. The summed E-state index contributed by atoms with van der Waals surface area (Å²) < 4.78 is 43.4. The Morgan fingerprint density at radius 1 is 1.17 bits per heavy atom. The molecule has 0 bridgehead atoms. The number of benzene rings is 1. The largest absolute Gasteiger partial charge is 0.417 e. The molecule has 0 unspecified atom stereocenters. The third kappa shape index (κ3) is 2.60. The topological polar surface area (TPSA) is 30.7 Å². The summed E-state index contributed by atoms with van der Waals surface area (Å²) in [6, 6.07) is 8.20. The van der Waals surface area contributed by atoms with Gasteiger partial charge in [-0.1, -0.05) is 28.1 Å². The molecule has 0 N–H and O–H groups in total. The third-order valence-corrected chi connectivity index (χ3v) is 4.76. The number of aromatic nitrogens is 3. The van der Waals surface area contributed by atoms with E-state index in [-0.39, 0.29) is 17.0 Å². The Balaban J connectivity index is 2.01. The summed E-state index contributed by atoms with van der Waals surface area (Å²) in [4.78, 5) is 4.46. The van der Waals surface area contributed by atoms with Crippen LogP contribution < -0.4 is 0 Å². The van der Waals surface area contributed by atoms with E-state index in [1.807, 2.05) is 0 Å². The molecule has 1 fully saturated rings. The van der Waals surface area contributed by atoms with Crippen molar-refractivity contribution in [3.05, 3.63) is 46.1 Å². The maximum atomic E-state index is 13.7. The highest BCUT2D eigenvalue weighted by Gasteiger charge is 2.39. The van der Waals surface area contributed by atoms with E-state index in [2.05, 4.69) is 26.0 Å². The molecule has 3 nitrogen and oxygen atoms in total. The highest BCUT2D eigenvalue weighted by molar-refractivity contribution is 9.10. The molecule has 1 aliphatic rings. The minimum atomic E-state index is -4.45. The van der Waals surface area contributed by atoms with E-state index >= 15 is 0 Å². The van der Waals surface area contributed by atoms with Gasteiger partial charge in [0.1, 0.15) is 0 Å². The zero-order valence-corrected chi connectivity index (χ0v) is 14.3. The lowest BCUT2D eigenvalue weighted by atomic mass is 10.0. The first kappa shape index (κ1) is 15.6. The average molecular weight is 396 g/mol. The summed E-state index contributed by atoms with van der Waals surface area (Å²) in [6.45, 7) is 0. The fraction of sp³-hybridized carbons (Fsp3) is 0.294. The number of pyridine rings is 1. The van der Waals surface area contributed by atoms with Crippen LogP contribution in [0.1, 0.15) is 30.0 Å². The van der Waals surface area contributed by atoms with Crippen molar-refractivity contribution in [1.29, 1.82) is 0 Å². The molecule has 3 aromatic rings. The first-order valence-corrected chi connectivity index (χ1v) is 8.34. The number of hydrogen-bond donors (Lipinski definition) is 0. The van der Waals surface area contributed by atoms with Crippen molar-refractivity contribution >= 4 is 27.0 Å². The van der Waals surface area contributed by atoms with E-state index in [1.54, 1.807) is 31.3 Å². The Morgan fingerprint density at radius 2 is 1.83 bits per heavy atom. The summed E-state index contributed by atoms with van der Waals surface area (Å²) in [7, 11) is 1.65. The van der Waals surface area contributed by atoms with Crippen molar-refractivity contribution in [2.45, 2.75) is 24.9 Å². The second-order valence-electron chi connectivity index (χ2n) is 6.04. The first-order valence-electron chi connectivity index (χ1n) is 7.55. The van der Waals surface area contributed by atoms with Gasteiger partial charge in [-0.3, -0.25) is 4.68 Å². The molecule has 1 aliphatic carbocycles. The molecule has 1 saturated carbocycles. The minimum Gasteiger partial charge on any atom is -0.250 e. The molecule has 0 spiro atoms. The summed E-state index contributed by atoms with van der Waals surface area (Å²) in [5.74, 6) is 0.120. The van der Waals surface area contributed by atoms with E-state index < -0.39 is 11.7 Å². The van der Waals surface area contributed by atoms with Gasteiger partial charge in [0, 0.05) is 23.0 Å². The number of alkyl halides is 3. The molecular weight excluding hydrogens is 383 g/mol. The number of halogens is 4. The van der Waals surface area contributed by atoms with Gasteiger partial charge >= 0.3 is 6.18 Å². The van der Waals surface area contributed by atoms with Gasteiger partial charge in [0.05, 0.1) is 22.3 Å². The number of hydrogen-bond acceptors (Lipinski definition) is 2. The van der Waals surface area contributed by atoms with Crippen molar-refractivity contribution in [2.75, 3.05) is 0 Å². The summed E-state index contributed by atoms with van der Waals surface area (Å²) >= 11 is 3.33. The maximum Gasteiger partial charge on any atom is 0.417 e. The van der Waals surface area contributed by atoms with Crippen LogP contribution >= 0.6 is 15.9 Å². The van der Waals surface area contributed by atoms with E-state index in [0.29, 0.717) is 17.0 Å². The Morgan fingerprint density at radius 3 is 2.42 bits per heavy atom. The molecule has 124 valence electrons. The van der Waals surface area contributed by atoms with Gasteiger partial charge in [-0.15, -0.1) is 0 Å². The lowest BCUT2D eigenvalue weighted by Crippen LogP contribution is -2.08. The maximum absolute atomic E-state index is 13.7. The Bertz CT molecular complexity index is 925. The number of fused-ring (bicyclic) bond motifs is 1. The SMILES string of the molecule is Cn1nc(C2CC2)c2c(C(F)(F)F)cc(-c3ccc(Br)cc3)nc21. The highest BCUT2D eigenvalue weighted by Crippen LogP contribution is 2.46. The summed E-state index contributed by atoms with van der Waals surface area (Å²) in [6.07, 6.45) is -2.67. The Labute approximate surface area is 144 Å². The molecule has 4 rings (SSSR count). The van der Waals surface area contributed by atoms with Crippen LogP contribution in [0.4, 0.5) is 13.2 Å². The van der Waals surface area contributed by atoms with Crippen molar-refractivity contribution in [3.8, 4) is 11.3 Å². The number of rotatable bonds is 2. The van der Waals surface area contributed by atoms with Crippen LogP contribution in [0.15, 0.2) is 34.8 Å². The number of aryl methyl sites for hydroxylation is 1. The van der Waals surface area contributed by atoms with Gasteiger partial charge in [-0.25, -0.2) is 4.98 Å². The second-order valence-corrected chi connectivity index (χ2v) is 6.96. The molecule has 0 radical (unpaired) electrons. The van der Waals surface area contributed by atoms with Crippen molar-refractivity contribution < 1.29 is 13.2 Å². The van der Waals surface area contributed by atoms with Crippen LogP contribution in [0.5, 0.6) is 0 Å². The van der Waals surface area contributed by atoms with E-state index in [0.717, 1.165) is 23.4 Å². The van der Waals surface area contributed by atoms with Crippen LogP contribution in [0.25, 0.3) is 22.3 Å². The monoisotopic (exact) mass is 395 g/mol. The van der Waals surface area contributed by atoms with Gasteiger partial charge in [-0.05, 0) is 31.0 Å². The zero-order chi connectivity index (χ0) is 17.1. The van der Waals surface area contributed by atoms with E-state index in [4.69, 9.17) is 0 Å². The quantitative estimate of drug-likeness (QED) is 0.589. The molecule has 7 heteroatoms. The summed E-state index contributed by atoms with van der Waals surface area (Å²) in [5, 5.41) is 4.47. The predicted molar refractivity (Wildman–Crippen MR) is 88.6 cm³/mol. The molecule has 0 saturated heterocycles. The van der Waals surface area contributed by atoms with Gasteiger partial charge in [0.2, 0.25) is 0 Å². The number of nitrogens with zero attached hydrogens (tertiary/aromatic N) is 3. The molecule has 2 aromatic heterocycles. The van der Waals surface area contributed by atoms with Crippen LogP contribution in [-0.2, 0) is 13.2 Å². The normalized spacial score (nSPS) is 15.2. The van der Waals surface area contributed by atoms with Crippen molar-refractivity contribution in [3.63, 3.8) is 0 Å². The fourth-order valence-corrected chi connectivity index (χ4v) is 3.18. The molecule has 0 atom stereocenters. The van der Waals surface area contributed by atoms with Crippen molar-refractivity contribution in [2.24, 2.45) is 7.05 Å². The van der Waals surface area contributed by atoms with Gasteiger partial charge in [0.15, 0.2) is 5.65 Å². The zero-order valence-electron chi connectivity index (χ0n) is 12.7. The summed E-state index contributed by atoms with van der Waals surface area (Å²) in [5.41, 5.74) is 1.09. The first-order chi connectivity index (χ1) is 11.3. The lowest BCUT2D eigenvalue weighted by Gasteiger charge is -2.11. The standard InChI is InChI=1S/C17H13BrF3N3/c1-24-16-14(15(23-24)10-2-3-10)12(17(19,20)21)8-13(22-16)9-4-6-11(18)7-5-9/h4-8,10H,2-3H2,1H3. The fourth-order valence-electron chi connectivity index (χ4n) is 2.91. The van der Waals surface area contributed by atoms with Crippen LogP contribution in [0.2, 0.25) is 0 Å². The molecule has 1 aromatic carbocycles. The van der Waals surface area contributed by atoms with Crippen LogP contribution in [0, 0.1) is 0 Å². The van der Waals surface area contributed by atoms with Crippen LogP contribution in [0.3, 0.4) is 0 Å². The van der Waals surface area contributed by atoms with Gasteiger partial charge < -0.3 is 0 Å². The molecule has 2 heterocycles. The smallest absolute Gasteiger partial charge is 0.250 e. The van der Waals surface area contributed by atoms with Gasteiger partial charge in [-0.2, -0.15) is 18.3 Å². The lowest BCUT2D eigenvalue weighted by molar-refractivity contribution is -0.136. The minimum absolute atomic E-state index is 0.120. The predicted octanol–water partition coefficient (Wildman–Crippen LogP) is 5.29. The van der Waals surface area contributed by atoms with Crippen LogP contribution in [-0.4, -0.2) is 14.8 Å². The third-order valence-electron chi connectivity index (χ3n) is 4.23. The van der Waals surface area contributed by atoms with E-state index in [1.165, 1.54) is 4.68 Å². The van der Waals surface area contributed by atoms with Crippen molar-refractivity contribution in [1.82, 2.24) is 14.8 Å². The molecule has 0 aliphatic heterocycles. The molecule has 24 heavy (non-hydrogen) atoms. The molecular formula is C17H13BrF3N3. The molecule has 0 amide bonds. The average Bonchev–Trinajstić information content (AvgIpc) is 3.31.